The number of carbonyl (C=O) groups is 2. The van der Waals surface area contributed by atoms with Crippen molar-refractivity contribution in [3.63, 3.8) is 0 Å². The highest BCUT2D eigenvalue weighted by atomic mass is 35.5. The highest BCUT2D eigenvalue weighted by Gasteiger charge is 2.49. The standard InChI is InChI=1S/C19H13Cl2F3N2O2.C18H11ClF4N2O3/c20-11-3-1-9(15(21)6-11)8-26-16-4-2-10(19(22,23)24)5-14(16)17(25-26)12-7-13(12)18(27)28;19-10-3-1-8(12(20)6-10)7-25-13-4-2-9(18(21,22)23)5-11(13)14(24-25)15-16(28-15)17(26)27/h1-6,12-13H,7-8H2,(H,27,28);1-6,15-16H,7H2,(H,26,27). The van der Waals surface area contributed by atoms with E-state index in [0.29, 0.717) is 44.1 Å². The first-order chi connectivity index (χ1) is 26.3. The molecular weight excluding hydrogens is 820 g/mol. The number of halogens is 10. The summed E-state index contributed by atoms with van der Waals surface area (Å²) in [5, 5.41) is 28.4. The van der Waals surface area contributed by atoms with Gasteiger partial charge in [0.05, 0.1) is 46.9 Å². The highest BCUT2D eigenvalue weighted by Crippen LogP contribution is 2.50. The van der Waals surface area contributed by atoms with Gasteiger partial charge in [-0.2, -0.15) is 36.5 Å². The Bertz CT molecular complexity index is 2370. The number of carboxylic acid groups (broad SMARTS) is 2. The van der Waals surface area contributed by atoms with Crippen molar-refractivity contribution in [1.82, 2.24) is 19.6 Å². The lowest BCUT2D eigenvalue weighted by atomic mass is 10.1. The minimum Gasteiger partial charge on any atom is -0.481 e. The quantitative estimate of drug-likeness (QED) is 0.116. The van der Waals surface area contributed by atoms with Gasteiger partial charge >= 0.3 is 24.3 Å². The minimum atomic E-state index is -4.58. The van der Waals surface area contributed by atoms with E-state index in [9.17, 15) is 45.4 Å². The molecule has 4 atom stereocenters. The molecule has 4 aromatic carbocycles. The number of alkyl halides is 6. The van der Waals surface area contributed by atoms with E-state index in [2.05, 4.69) is 10.2 Å². The molecule has 4 unspecified atom stereocenters. The Kier molecular flexibility index (Phi) is 10.2. The van der Waals surface area contributed by atoms with Crippen molar-refractivity contribution >= 4 is 68.5 Å². The van der Waals surface area contributed by atoms with Gasteiger partial charge in [-0.3, -0.25) is 14.2 Å². The Morgan fingerprint density at radius 1 is 0.714 bits per heavy atom. The monoisotopic (exact) mass is 842 g/mol. The number of benzene rings is 4. The van der Waals surface area contributed by atoms with Crippen LogP contribution in [0.5, 0.6) is 0 Å². The predicted octanol–water partition coefficient (Wildman–Crippen LogP) is 10.0. The topological polar surface area (TPSA) is 123 Å². The number of hydrogen-bond donors (Lipinski definition) is 2. The molecule has 0 bridgehead atoms. The van der Waals surface area contributed by atoms with Crippen LogP contribution < -0.4 is 0 Å². The Labute approximate surface area is 325 Å². The molecule has 2 N–H and O–H groups in total. The molecule has 0 spiro atoms. The van der Waals surface area contributed by atoms with E-state index in [4.69, 9.17) is 44.6 Å². The lowest BCUT2D eigenvalue weighted by Crippen LogP contribution is -2.06. The molecule has 1 saturated carbocycles. The molecule has 1 saturated heterocycles. The molecule has 9 nitrogen and oxygen atoms in total. The first-order valence-corrected chi connectivity index (χ1v) is 17.6. The van der Waals surface area contributed by atoms with Crippen LogP contribution in [0, 0.1) is 11.7 Å². The molecule has 2 aliphatic rings. The van der Waals surface area contributed by atoms with E-state index in [1.54, 1.807) is 22.9 Å². The zero-order valence-electron chi connectivity index (χ0n) is 28.0. The number of fused-ring (bicyclic) bond motifs is 2. The summed E-state index contributed by atoms with van der Waals surface area (Å²) < 4.78 is 101. The highest BCUT2D eigenvalue weighted by molar-refractivity contribution is 6.35. The molecule has 1 aliphatic carbocycles. The fourth-order valence-corrected chi connectivity index (χ4v) is 7.01. The van der Waals surface area contributed by atoms with Crippen LogP contribution in [-0.4, -0.2) is 47.8 Å². The van der Waals surface area contributed by atoms with Crippen LogP contribution in [0.4, 0.5) is 30.7 Å². The summed E-state index contributed by atoms with van der Waals surface area (Å²) in [7, 11) is 0. The molecule has 56 heavy (non-hydrogen) atoms. The predicted molar refractivity (Wildman–Crippen MR) is 189 cm³/mol. The van der Waals surface area contributed by atoms with Gasteiger partial charge in [0.15, 0.2) is 6.10 Å². The molecule has 1 aliphatic heterocycles. The third kappa shape index (κ3) is 8.01. The van der Waals surface area contributed by atoms with E-state index >= 15 is 0 Å². The van der Waals surface area contributed by atoms with Crippen molar-refractivity contribution in [2.75, 3.05) is 0 Å². The third-order valence-corrected chi connectivity index (χ3v) is 10.2. The van der Waals surface area contributed by atoms with E-state index in [1.807, 2.05) is 0 Å². The van der Waals surface area contributed by atoms with Crippen LogP contribution >= 0.6 is 34.8 Å². The van der Waals surface area contributed by atoms with Crippen LogP contribution in [0.1, 0.15) is 52.1 Å². The van der Waals surface area contributed by atoms with Gasteiger partial charge in [-0.15, -0.1) is 0 Å². The van der Waals surface area contributed by atoms with Gasteiger partial charge in [0.1, 0.15) is 17.6 Å². The second kappa shape index (κ2) is 14.6. The van der Waals surface area contributed by atoms with Gasteiger partial charge in [-0.05, 0) is 72.6 Å². The smallest absolute Gasteiger partial charge is 0.416 e. The van der Waals surface area contributed by atoms with Gasteiger partial charge < -0.3 is 14.9 Å². The van der Waals surface area contributed by atoms with Gasteiger partial charge in [0, 0.05) is 37.3 Å². The van der Waals surface area contributed by atoms with Crippen molar-refractivity contribution in [3.05, 3.63) is 127 Å². The molecule has 0 amide bonds. The molecule has 2 aromatic heterocycles. The van der Waals surface area contributed by atoms with Crippen molar-refractivity contribution in [2.45, 2.75) is 50.0 Å². The summed E-state index contributed by atoms with van der Waals surface area (Å²) >= 11 is 17.8. The molecule has 19 heteroatoms. The second-order valence-electron chi connectivity index (χ2n) is 13.1. The average molecular weight is 844 g/mol. The Hall–Kier alpha value is -4.90. The van der Waals surface area contributed by atoms with Gasteiger partial charge in [0.25, 0.3) is 0 Å². The van der Waals surface area contributed by atoms with Crippen molar-refractivity contribution in [1.29, 1.82) is 0 Å². The van der Waals surface area contributed by atoms with E-state index in [0.717, 1.165) is 30.3 Å². The van der Waals surface area contributed by atoms with Crippen LogP contribution in [0.25, 0.3) is 21.8 Å². The third-order valence-electron chi connectivity index (χ3n) is 9.35. The average Bonchev–Trinajstić information content (AvgIpc) is 4.03. The number of aliphatic carboxylic acids is 2. The van der Waals surface area contributed by atoms with Crippen molar-refractivity contribution in [2.24, 2.45) is 5.92 Å². The summed E-state index contributed by atoms with van der Waals surface area (Å²) in [5.74, 6) is -3.81. The molecule has 3 heterocycles. The number of hydrogen-bond acceptors (Lipinski definition) is 5. The summed E-state index contributed by atoms with van der Waals surface area (Å²) in [6.07, 6.45) is -10.8. The van der Waals surface area contributed by atoms with Gasteiger partial charge in [0.2, 0.25) is 0 Å². The largest absolute Gasteiger partial charge is 0.481 e. The zero-order valence-corrected chi connectivity index (χ0v) is 30.3. The van der Waals surface area contributed by atoms with Crippen molar-refractivity contribution < 1.29 is 55.3 Å². The normalized spacial score (nSPS) is 19.2. The molecule has 2 fully saturated rings. The maximum absolute atomic E-state index is 14.1. The maximum Gasteiger partial charge on any atom is 0.416 e. The van der Waals surface area contributed by atoms with Gasteiger partial charge in [-0.1, -0.05) is 46.9 Å². The number of carboxylic acids is 2. The number of nitrogens with zero attached hydrogens (tertiary/aromatic N) is 4. The van der Waals surface area contributed by atoms with Crippen LogP contribution in [0.2, 0.25) is 15.1 Å². The fraction of sp³-hybridized carbons (Fsp3) is 0.243. The summed E-state index contributed by atoms with van der Waals surface area (Å²) in [6.45, 7) is 0.150. The lowest BCUT2D eigenvalue weighted by molar-refractivity contribution is -0.139. The SMILES string of the molecule is O=C(O)C1CC1c1nn(Cc2ccc(Cl)cc2Cl)c2ccc(C(F)(F)F)cc12.O=C(O)C1OC1c1nn(Cc2ccc(Cl)cc2F)c2ccc(C(F)(F)F)cc12. The molecule has 8 rings (SSSR count). The minimum absolute atomic E-state index is 0.0721. The number of aromatic nitrogens is 4. The molecule has 0 radical (unpaired) electrons. The zero-order chi connectivity index (χ0) is 40.4. The molecule has 6 aromatic rings. The second-order valence-corrected chi connectivity index (χ2v) is 14.4. The Morgan fingerprint density at radius 2 is 1.23 bits per heavy atom. The fourth-order valence-electron chi connectivity index (χ4n) is 6.39. The van der Waals surface area contributed by atoms with Crippen LogP contribution in [0.15, 0.2) is 72.8 Å². The Balaban J connectivity index is 0.000000172. The molecule has 292 valence electrons. The van der Waals surface area contributed by atoms with E-state index in [-0.39, 0.29) is 34.8 Å². The number of epoxide rings is 1. The summed E-state index contributed by atoms with van der Waals surface area (Å²) in [5.41, 5.74) is 0.478. The molecular formula is C37H24Cl3F7N4O5. The van der Waals surface area contributed by atoms with Crippen molar-refractivity contribution in [3.8, 4) is 0 Å². The number of ether oxygens (including phenoxy) is 1. The summed E-state index contributed by atoms with van der Waals surface area (Å²) in [6, 6.07) is 15.4. The Morgan fingerprint density at radius 3 is 1.71 bits per heavy atom. The lowest BCUT2D eigenvalue weighted by Gasteiger charge is -2.08. The van der Waals surface area contributed by atoms with Crippen LogP contribution in [-0.2, 0) is 39.8 Å². The van der Waals surface area contributed by atoms with Crippen LogP contribution in [0.3, 0.4) is 0 Å². The first-order valence-electron chi connectivity index (χ1n) is 16.4. The van der Waals surface area contributed by atoms with E-state index < -0.39 is 65.3 Å². The summed E-state index contributed by atoms with van der Waals surface area (Å²) in [4.78, 5) is 22.3. The first kappa shape index (κ1) is 39.3. The van der Waals surface area contributed by atoms with Gasteiger partial charge in [-0.25, -0.2) is 9.18 Å². The maximum atomic E-state index is 14.1. The number of rotatable bonds is 8. The van der Waals surface area contributed by atoms with E-state index in [1.165, 1.54) is 28.9 Å².